The predicted molar refractivity (Wildman–Crippen MR) is 77.2 cm³/mol. The van der Waals surface area contributed by atoms with Gasteiger partial charge in [-0.3, -0.25) is 9.00 Å². The van der Waals surface area contributed by atoms with Crippen LogP contribution in [0.3, 0.4) is 0 Å². The second-order valence-electron chi connectivity index (χ2n) is 4.06. The van der Waals surface area contributed by atoms with E-state index >= 15 is 0 Å². The Hall–Kier alpha value is -2.21. The molecule has 1 atom stereocenters. The molecule has 0 fully saturated rings. The molecule has 0 saturated carbocycles. The molecule has 0 spiro atoms. The van der Waals surface area contributed by atoms with E-state index in [1.54, 1.807) is 30.3 Å². The SMILES string of the molecule is Nc1ccccc1S(=O)CC(=O)Nc1ccccc1F. The van der Waals surface area contributed by atoms with E-state index in [9.17, 15) is 13.4 Å². The predicted octanol–water partition coefficient (Wildman–Crippen LogP) is 2.15. The number of hydrogen-bond acceptors (Lipinski definition) is 3. The number of para-hydroxylation sites is 2. The van der Waals surface area contributed by atoms with Gasteiger partial charge in [0.25, 0.3) is 0 Å². The summed E-state index contributed by atoms with van der Waals surface area (Å²) in [5, 5.41) is 2.38. The number of halogens is 1. The molecule has 2 rings (SSSR count). The molecule has 0 aliphatic carbocycles. The highest BCUT2D eigenvalue weighted by atomic mass is 32.2. The van der Waals surface area contributed by atoms with Gasteiger partial charge in [-0.15, -0.1) is 0 Å². The second-order valence-corrected chi connectivity index (χ2v) is 5.48. The van der Waals surface area contributed by atoms with E-state index in [0.717, 1.165) is 0 Å². The molecule has 3 N–H and O–H groups in total. The van der Waals surface area contributed by atoms with Crippen molar-refractivity contribution in [2.75, 3.05) is 16.8 Å². The molecular weight excluding hydrogens is 279 g/mol. The molecule has 20 heavy (non-hydrogen) atoms. The van der Waals surface area contributed by atoms with Crippen LogP contribution in [0.25, 0.3) is 0 Å². The molecule has 0 aliphatic heterocycles. The number of nitrogens with one attached hydrogen (secondary N) is 1. The summed E-state index contributed by atoms with van der Waals surface area (Å²) < 4.78 is 25.4. The molecule has 0 heterocycles. The third-order valence-electron chi connectivity index (χ3n) is 2.57. The monoisotopic (exact) mass is 292 g/mol. The minimum atomic E-state index is -1.56. The van der Waals surface area contributed by atoms with E-state index in [1.165, 1.54) is 18.2 Å². The summed E-state index contributed by atoms with van der Waals surface area (Å²) in [6.45, 7) is 0. The smallest absolute Gasteiger partial charge is 0.237 e. The molecule has 2 aromatic rings. The van der Waals surface area contributed by atoms with Crippen LogP contribution in [0.5, 0.6) is 0 Å². The zero-order valence-corrected chi connectivity index (χ0v) is 11.3. The van der Waals surface area contributed by atoms with Crippen LogP contribution < -0.4 is 11.1 Å². The molecule has 0 aromatic heterocycles. The summed E-state index contributed by atoms with van der Waals surface area (Å²) in [5.41, 5.74) is 6.12. The molecule has 2 aromatic carbocycles. The molecule has 0 radical (unpaired) electrons. The number of nitrogens with two attached hydrogens (primary N) is 1. The second kappa shape index (κ2) is 6.29. The van der Waals surface area contributed by atoms with Gasteiger partial charge in [-0.25, -0.2) is 4.39 Å². The standard InChI is InChI=1S/C14H13FN2O2S/c15-10-5-1-3-7-12(10)17-14(18)9-20(19)13-8-4-2-6-11(13)16/h1-8H,9,16H2,(H,17,18). The van der Waals surface area contributed by atoms with Gasteiger partial charge in [0, 0.05) is 5.69 Å². The van der Waals surface area contributed by atoms with E-state index in [4.69, 9.17) is 5.73 Å². The molecule has 4 nitrogen and oxygen atoms in total. The Kier molecular flexibility index (Phi) is 4.47. The Labute approximate surface area is 118 Å². The highest BCUT2D eigenvalue weighted by Gasteiger charge is 2.13. The summed E-state index contributed by atoms with van der Waals surface area (Å²) in [4.78, 5) is 12.1. The van der Waals surface area contributed by atoms with Crippen molar-refractivity contribution >= 4 is 28.1 Å². The summed E-state index contributed by atoms with van der Waals surface area (Å²) in [6, 6.07) is 12.4. The zero-order chi connectivity index (χ0) is 14.5. The number of hydrogen-bond donors (Lipinski definition) is 2. The maximum atomic E-state index is 13.4. The number of carbonyl (C=O) groups is 1. The first-order valence-electron chi connectivity index (χ1n) is 5.85. The first-order valence-corrected chi connectivity index (χ1v) is 7.17. The van der Waals surface area contributed by atoms with Crippen molar-refractivity contribution in [2.45, 2.75) is 4.90 Å². The largest absolute Gasteiger partial charge is 0.398 e. The summed E-state index contributed by atoms with van der Waals surface area (Å²) in [6.07, 6.45) is 0. The Balaban J connectivity index is 2.04. The Bertz CT molecular complexity index is 661. The van der Waals surface area contributed by atoms with E-state index < -0.39 is 22.5 Å². The highest BCUT2D eigenvalue weighted by Crippen LogP contribution is 2.16. The van der Waals surface area contributed by atoms with Gasteiger partial charge in [0.2, 0.25) is 5.91 Å². The quantitative estimate of drug-likeness (QED) is 0.848. The molecule has 1 unspecified atom stereocenters. The van der Waals surface area contributed by atoms with Crippen molar-refractivity contribution in [3.8, 4) is 0 Å². The average molecular weight is 292 g/mol. The van der Waals surface area contributed by atoms with Crippen molar-refractivity contribution in [3.05, 3.63) is 54.3 Å². The number of carbonyl (C=O) groups excluding carboxylic acids is 1. The molecule has 0 bridgehead atoms. The van der Waals surface area contributed by atoms with Crippen molar-refractivity contribution < 1.29 is 13.4 Å². The lowest BCUT2D eigenvalue weighted by molar-refractivity contribution is -0.113. The normalized spacial score (nSPS) is 11.8. The molecular formula is C14H13FN2O2S. The first kappa shape index (κ1) is 14.2. The maximum Gasteiger partial charge on any atom is 0.237 e. The minimum absolute atomic E-state index is 0.0653. The van der Waals surface area contributed by atoms with Crippen molar-refractivity contribution in [3.63, 3.8) is 0 Å². The van der Waals surface area contributed by atoms with Gasteiger partial charge in [-0.2, -0.15) is 0 Å². The Morgan fingerprint density at radius 2 is 1.80 bits per heavy atom. The molecule has 0 aliphatic rings. The van der Waals surface area contributed by atoms with E-state index in [0.29, 0.717) is 10.6 Å². The van der Waals surface area contributed by atoms with Crippen LogP contribution in [0.15, 0.2) is 53.4 Å². The zero-order valence-electron chi connectivity index (χ0n) is 10.5. The van der Waals surface area contributed by atoms with E-state index in [-0.39, 0.29) is 11.4 Å². The molecule has 0 saturated heterocycles. The van der Waals surface area contributed by atoms with Gasteiger partial charge in [0.1, 0.15) is 11.6 Å². The van der Waals surface area contributed by atoms with Crippen LogP contribution >= 0.6 is 0 Å². The topological polar surface area (TPSA) is 72.2 Å². The van der Waals surface area contributed by atoms with Crippen LogP contribution in [0.1, 0.15) is 0 Å². The Morgan fingerprint density at radius 3 is 2.50 bits per heavy atom. The van der Waals surface area contributed by atoms with Crippen LogP contribution in [-0.2, 0) is 15.6 Å². The lowest BCUT2D eigenvalue weighted by atomic mass is 10.3. The van der Waals surface area contributed by atoms with Crippen LogP contribution in [0.2, 0.25) is 0 Å². The molecule has 1 amide bonds. The number of rotatable bonds is 4. The van der Waals surface area contributed by atoms with Crippen LogP contribution in [0, 0.1) is 5.82 Å². The fourth-order valence-electron chi connectivity index (χ4n) is 1.63. The number of anilines is 2. The summed E-state index contributed by atoms with van der Waals surface area (Å²) in [7, 11) is -1.56. The van der Waals surface area contributed by atoms with Crippen molar-refractivity contribution in [2.24, 2.45) is 0 Å². The summed E-state index contributed by atoms with van der Waals surface area (Å²) >= 11 is 0. The van der Waals surface area contributed by atoms with Crippen molar-refractivity contribution in [1.29, 1.82) is 0 Å². The third kappa shape index (κ3) is 3.42. The minimum Gasteiger partial charge on any atom is -0.398 e. The number of nitrogen functional groups attached to an aromatic ring is 1. The molecule has 104 valence electrons. The van der Waals surface area contributed by atoms with Gasteiger partial charge in [-0.05, 0) is 24.3 Å². The van der Waals surface area contributed by atoms with Gasteiger partial charge in [0.05, 0.1) is 21.4 Å². The lowest BCUT2D eigenvalue weighted by Gasteiger charge is -2.07. The highest BCUT2D eigenvalue weighted by molar-refractivity contribution is 7.86. The van der Waals surface area contributed by atoms with E-state index in [1.807, 2.05) is 0 Å². The van der Waals surface area contributed by atoms with Gasteiger partial charge >= 0.3 is 0 Å². The fraction of sp³-hybridized carbons (Fsp3) is 0.0714. The summed E-state index contributed by atoms with van der Waals surface area (Å²) in [5.74, 6) is -1.34. The Morgan fingerprint density at radius 1 is 1.15 bits per heavy atom. The van der Waals surface area contributed by atoms with Crippen molar-refractivity contribution in [1.82, 2.24) is 0 Å². The third-order valence-corrected chi connectivity index (χ3v) is 3.96. The van der Waals surface area contributed by atoms with E-state index in [2.05, 4.69) is 5.32 Å². The molecule has 6 heteroatoms. The van der Waals surface area contributed by atoms with Gasteiger partial charge in [0.15, 0.2) is 0 Å². The van der Waals surface area contributed by atoms with Gasteiger partial charge in [-0.1, -0.05) is 24.3 Å². The van der Waals surface area contributed by atoms with Gasteiger partial charge < -0.3 is 11.1 Å². The fourth-order valence-corrected chi connectivity index (χ4v) is 2.66. The average Bonchev–Trinajstić information content (AvgIpc) is 2.41. The van der Waals surface area contributed by atoms with Crippen LogP contribution in [-0.4, -0.2) is 15.9 Å². The number of amides is 1. The first-order chi connectivity index (χ1) is 9.58. The maximum absolute atomic E-state index is 13.4. The number of benzene rings is 2. The van der Waals surface area contributed by atoms with Crippen LogP contribution in [0.4, 0.5) is 15.8 Å². The lowest BCUT2D eigenvalue weighted by Crippen LogP contribution is -2.20.